The fourth-order valence-corrected chi connectivity index (χ4v) is 2.03. The van der Waals surface area contributed by atoms with Crippen LogP contribution in [0.1, 0.15) is 22.8 Å². The number of rotatable bonds is 4. The molecule has 1 rings (SSSR count). The van der Waals surface area contributed by atoms with Gasteiger partial charge < -0.3 is 19.4 Å². The largest absolute Gasteiger partial charge is 0.393 e. The van der Waals surface area contributed by atoms with Gasteiger partial charge in [0, 0.05) is 0 Å². The summed E-state index contributed by atoms with van der Waals surface area (Å²) >= 11 is 0. The molecule has 1 atom stereocenters. The van der Waals surface area contributed by atoms with Gasteiger partial charge in [0.05, 0.1) is 6.61 Å². The van der Waals surface area contributed by atoms with Crippen LogP contribution in [0.3, 0.4) is 0 Å². The van der Waals surface area contributed by atoms with E-state index in [1.165, 1.54) is 0 Å². The van der Waals surface area contributed by atoms with Crippen molar-refractivity contribution in [2.24, 2.45) is 0 Å². The van der Waals surface area contributed by atoms with E-state index in [0.717, 1.165) is 16.7 Å². The predicted molar refractivity (Wildman–Crippen MR) is 58.2 cm³/mol. The number of benzene rings is 1. The Morgan fingerprint density at radius 3 is 2.20 bits per heavy atom. The van der Waals surface area contributed by atoms with Gasteiger partial charge in [0.15, 0.2) is 0 Å². The first-order valence-corrected chi connectivity index (χ1v) is 5.74. The third-order valence-electron chi connectivity index (χ3n) is 2.25. The lowest BCUT2D eigenvalue weighted by atomic mass is 9.98. The van der Waals surface area contributed by atoms with E-state index in [2.05, 4.69) is 0 Å². The van der Waals surface area contributed by atoms with E-state index in [1.54, 1.807) is 0 Å². The second kappa shape index (κ2) is 5.54. The number of aliphatic hydroxyl groups excluding tert-OH is 1. The summed E-state index contributed by atoms with van der Waals surface area (Å²) in [5, 5.41) is 9.14. The van der Waals surface area contributed by atoms with Gasteiger partial charge in [0.25, 0.3) is 0 Å². The molecule has 0 amide bonds. The van der Waals surface area contributed by atoms with Gasteiger partial charge in [-0.15, -0.1) is 0 Å². The Bertz CT molecular complexity index is 307. The van der Waals surface area contributed by atoms with Crippen LogP contribution < -0.4 is 0 Å². The van der Waals surface area contributed by atoms with Crippen molar-refractivity contribution in [3.8, 4) is 0 Å². The van der Waals surface area contributed by atoms with E-state index in [9.17, 15) is 0 Å². The molecule has 1 aromatic carbocycles. The van der Waals surface area contributed by atoms with Crippen LogP contribution in [0.4, 0.5) is 0 Å². The predicted octanol–water partition coefficient (Wildman–Crippen LogP) is 1.56. The first-order chi connectivity index (χ1) is 7.06. The fourth-order valence-electron chi connectivity index (χ4n) is 1.63. The quantitative estimate of drug-likeness (QED) is 0.686. The van der Waals surface area contributed by atoms with Crippen LogP contribution >= 0.6 is 8.60 Å². The van der Waals surface area contributed by atoms with Crippen LogP contribution in [0.15, 0.2) is 18.2 Å². The Morgan fingerprint density at radius 1 is 1.27 bits per heavy atom. The van der Waals surface area contributed by atoms with Gasteiger partial charge in [-0.3, -0.25) is 0 Å². The van der Waals surface area contributed by atoms with E-state index in [-0.39, 0.29) is 6.61 Å². The van der Waals surface area contributed by atoms with Gasteiger partial charge in [-0.25, -0.2) is 0 Å². The molecule has 3 N–H and O–H groups in total. The highest BCUT2D eigenvalue weighted by atomic mass is 31.2. The third-order valence-corrected chi connectivity index (χ3v) is 2.69. The highest BCUT2D eigenvalue weighted by Gasteiger charge is 2.19. The van der Waals surface area contributed by atoms with Crippen molar-refractivity contribution in [3.05, 3.63) is 34.9 Å². The van der Waals surface area contributed by atoms with E-state index in [1.807, 2.05) is 32.0 Å². The molecule has 0 spiro atoms. The first-order valence-electron chi connectivity index (χ1n) is 4.58. The SMILES string of the molecule is Cc1cccc(C)c1C(CO)OP(O)O. The van der Waals surface area contributed by atoms with Gasteiger partial charge in [0.2, 0.25) is 0 Å². The maximum absolute atomic E-state index is 9.14. The van der Waals surface area contributed by atoms with Gasteiger partial charge in [0.1, 0.15) is 6.10 Å². The third kappa shape index (κ3) is 3.23. The molecule has 0 aliphatic carbocycles. The molecule has 0 radical (unpaired) electrons. The fraction of sp³-hybridized carbons (Fsp3) is 0.400. The lowest BCUT2D eigenvalue weighted by Crippen LogP contribution is -2.09. The Balaban J connectivity index is 3.00. The van der Waals surface area contributed by atoms with Crippen LogP contribution in [0, 0.1) is 13.8 Å². The van der Waals surface area contributed by atoms with Crippen LogP contribution in [-0.2, 0) is 4.52 Å². The lowest BCUT2D eigenvalue weighted by Gasteiger charge is -2.19. The molecule has 84 valence electrons. The molecule has 5 heteroatoms. The number of hydrogen-bond donors (Lipinski definition) is 3. The Labute approximate surface area is 90.1 Å². The van der Waals surface area contributed by atoms with E-state index < -0.39 is 14.7 Å². The van der Waals surface area contributed by atoms with Gasteiger partial charge in [-0.05, 0) is 30.5 Å². The molecular weight excluding hydrogens is 215 g/mol. The molecule has 0 bridgehead atoms. The molecule has 15 heavy (non-hydrogen) atoms. The summed E-state index contributed by atoms with van der Waals surface area (Å²) < 4.78 is 4.87. The molecule has 1 aromatic rings. The maximum atomic E-state index is 9.14. The maximum Gasteiger partial charge on any atom is 0.327 e. The Kier molecular flexibility index (Phi) is 4.64. The normalized spacial score (nSPS) is 13.2. The molecule has 0 aliphatic heterocycles. The molecule has 0 aliphatic rings. The molecule has 0 saturated carbocycles. The van der Waals surface area contributed by atoms with Gasteiger partial charge in [-0.2, -0.15) is 0 Å². The van der Waals surface area contributed by atoms with Crippen molar-refractivity contribution in [1.82, 2.24) is 0 Å². The summed E-state index contributed by atoms with van der Waals surface area (Å²) in [6.45, 7) is 3.52. The molecule has 1 unspecified atom stereocenters. The highest BCUT2D eigenvalue weighted by Crippen LogP contribution is 2.36. The average molecular weight is 230 g/mol. The zero-order valence-corrected chi connectivity index (χ0v) is 9.61. The minimum Gasteiger partial charge on any atom is -0.393 e. The van der Waals surface area contributed by atoms with Crippen LogP contribution in [0.5, 0.6) is 0 Å². The van der Waals surface area contributed by atoms with Crippen molar-refractivity contribution in [1.29, 1.82) is 0 Å². The smallest absolute Gasteiger partial charge is 0.327 e. The molecule has 0 heterocycles. The second-order valence-electron chi connectivity index (χ2n) is 3.33. The summed E-state index contributed by atoms with van der Waals surface area (Å²) in [6, 6.07) is 5.69. The van der Waals surface area contributed by atoms with Crippen molar-refractivity contribution in [3.63, 3.8) is 0 Å². The van der Waals surface area contributed by atoms with Gasteiger partial charge >= 0.3 is 8.60 Å². The summed E-state index contributed by atoms with van der Waals surface area (Å²) in [5.74, 6) is 0. The monoisotopic (exact) mass is 230 g/mol. The summed E-state index contributed by atoms with van der Waals surface area (Å²) in [6.07, 6.45) is -0.674. The topological polar surface area (TPSA) is 69.9 Å². The van der Waals surface area contributed by atoms with Crippen LogP contribution in [-0.4, -0.2) is 21.5 Å². The Hall–Kier alpha value is -0.510. The van der Waals surface area contributed by atoms with Crippen molar-refractivity contribution in [2.45, 2.75) is 20.0 Å². The highest BCUT2D eigenvalue weighted by molar-refractivity contribution is 7.39. The van der Waals surface area contributed by atoms with Crippen LogP contribution in [0.25, 0.3) is 0 Å². The molecule has 0 fully saturated rings. The Morgan fingerprint density at radius 2 is 1.80 bits per heavy atom. The molecule has 4 nitrogen and oxygen atoms in total. The second-order valence-corrected chi connectivity index (χ2v) is 4.05. The molecule has 0 saturated heterocycles. The summed E-state index contributed by atoms with van der Waals surface area (Å²) in [4.78, 5) is 17.6. The zero-order valence-electron chi connectivity index (χ0n) is 8.71. The van der Waals surface area contributed by atoms with Crippen molar-refractivity contribution >= 4 is 8.60 Å². The number of aryl methyl sites for hydroxylation is 2. The van der Waals surface area contributed by atoms with E-state index in [0.29, 0.717) is 0 Å². The molecule has 0 aromatic heterocycles. The number of aliphatic hydroxyl groups is 1. The van der Waals surface area contributed by atoms with E-state index in [4.69, 9.17) is 19.4 Å². The van der Waals surface area contributed by atoms with Crippen molar-refractivity contribution < 1.29 is 19.4 Å². The van der Waals surface area contributed by atoms with Gasteiger partial charge in [-0.1, -0.05) is 18.2 Å². The number of hydrogen-bond acceptors (Lipinski definition) is 4. The summed E-state index contributed by atoms with van der Waals surface area (Å²) in [7, 11) is -2.45. The van der Waals surface area contributed by atoms with Crippen molar-refractivity contribution in [2.75, 3.05) is 6.61 Å². The molecular formula is C10H15O4P. The minimum absolute atomic E-state index is 0.272. The summed E-state index contributed by atoms with van der Waals surface area (Å²) in [5.41, 5.74) is 2.74. The van der Waals surface area contributed by atoms with Crippen LogP contribution in [0.2, 0.25) is 0 Å². The lowest BCUT2D eigenvalue weighted by molar-refractivity contribution is 0.101. The zero-order chi connectivity index (χ0) is 11.4. The van der Waals surface area contributed by atoms with E-state index >= 15 is 0 Å². The standard InChI is InChI=1S/C10H15O4P/c1-7-4-3-5-8(2)10(7)9(6-11)14-15(12)13/h3-5,9,11-13H,6H2,1-2H3. The average Bonchev–Trinajstić information content (AvgIpc) is 2.15. The minimum atomic E-state index is -2.45. The first kappa shape index (κ1) is 12.6.